The van der Waals surface area contributed by atoms with Crippen LogP contribution in [-0.2, 0) is 0 Å². The third-order valence-corrected chi connectivity index (χ3v) is 6.15. The van der Waals surface area contributed by atoms with Crippen molar-refractivity contribution in [2.45, 2.75) is 51.6 Å². The van der Waals surface area contributed by atoms with Crippen LogP contribution in [0.3, 0.4) is 0 Å². The van der Waals surface area contributed by atoms with Gasteiger partial charge in [-0.3, -0.25) is 4.90 Å². The van der Waals surface area contributed by atoms with Crippen molar-refractivity contribution >= 4 is 0 Å². The monoisotopic (exact) mass is 364 g/mol. The van der Waals surface area contributed by atoms with Crippen molar-refractivity contribution in [2.24, 2.45) is 0 Å². The van der Waals surface area contributed by atoms with Gasteiger partial charge in [-0.05, 0) is 51.0 Å². The molecule has 1 saturated heterocycles. The molecule has 0 radical (unpaired) electrons. The van der Waals surface area contributed by atoms with Crippen molar-refractivity contribution in [2.75, 3.05) is 26.2 Å². The number of ether oxygens (including phenoxy) is 1. The van der Waals surface area contributed by atoms with Gasteiger partial charge in [-0.25, -0.2) is 0 Å². The zero-order chi connectivity index (χ0) is 18.6. The van der Waals surface area contributed by atoms with Crippen LogP contribution in [0.15, 0.2) is 48.5 Å². The Balaban J connectivity index is 1.75. The number of para-hydroxylation sites is 2. The predicted molar refractivity (Wildman–Crippen MR) is 112 cm³/mol. The van der Waals surface area contributed by atoms with Gasteiger partial charge in [0.15, 0.2) is 0 Å². The van der Waals surface area contributed by atoms with Crippen molar-refractivity contribution < 1.29 is 4.74 Å². The number of nitrogens with zero attached hydrogens (tertiary/aromatic N) is 2. The number of benzene rings is 2. The molecule has 27 heavy (non-hydrogen) atoms. The van der Waals surface area contributed by atoms with E-state index in [-0.39, 0.29) is 0 Å². The zero-order valence-corrected chi connectivity index (χ0v) is 16.7. The second kappa shape index (κ2) is 8.45. The third kappa shape index (κ3) is 3.76. The molecule has 2 aliphatic rings. The van der Waals surface area contributed by atoms with Gasteiger partial charge in [0.2, 0.25) is 0 Å². The SMILES string of the molecule is CCCCN(C1CCCN(CC)C1)C1c2ccccc2Oc2ccccc21. The van der Waals surface area contributed by atoms with Crippen molar-refractivity contribution in [1.29, 1.82) is 0 Å². The Morgan fingerprint density at radius 1 is 1.00 bits per heavy atom. The lowest BCUT2D eigenvalue weighted by Crippen LogP contribution is -2.50. The van der Waals surface area contributed by atoms with Crippen LogP contribution in [0.25, 0.3) is 0 Å². The molecule has 0 saturated carbocycles. The van der Waals surface area contributed by atoms with Crippen molar-refractivity contribution in [3.8, 4) is 11.5 Å². The average Bonchev–Trinajstić information content (AvgIpc) is 2.73. The summed E-state index contributed by atoms with van der Waals surface area (Å²) in [6.45, 7) is 9.31. The summed E-state index contributed by atoms with van der Waals surface area (Å²) < 4.78 is 6.25. The summed E-state index contributed by atoms with van der Waals surface area (Å²) >= 11 is 0. The molecule has 4 rings (SSSR count). The van der Waals surface area contributed by atoms with Crippen molar-refractivity contribution in [3.05, 3.63) is 59.7 Å². The summed E-state index contributed by atoms with van der Waals surface area (Å²) in [5.41, 5.74) is 2.64. The maximum absolute atomic E-state index is 6.25. The number of hydrogen-bond acceptors (Lipinski definition) is 3. The molecule has 0 aliphatic carbocycles. The summed E-state index contributed by atoms with van der Waals surface area (Å²) in [5.74, 6) is 2.04. The predicted octanol–water partition coefficient (Wildman–Crippen LogP) is 5.47. The lowest BCUT2D eigenvalue weighted by molar-refractivity contribution is 0.0736. The summed E-state index contributed by atoms with van der Waals surface area (Å²) in [7, 11) is 0. The molecule has 3 nitrogen and oxygen atoms in total. The van der Waals surface area contributed by atoms with E-state index < -0.39 is 0 Å². The number of fused-ring (bicyclic) bond motifs is 2. The standard InChI is InChI=1S/C24H32N2O/c1-3-5-17-26(19-11-10-16-25(4-2)18-19)24-20-12-6-8-14-22(20)27-23-15-9-7-13-21(23)24/h6-9,12-15,19,24H,3-5,10-11,16-18H2,1-2H3. The maximum atomic E-state index is 6.25. The molecule has 0 aromatic heterocycles. The van der Waals surface area contributed by atoms with E-state index in [1.807, 2.05) is 0 Å². The Bertz CT molecular complexity index is 714. The molecule has 1 unspecified atom stereocenters. The summed E-state index contributed by atoms with van der Waals surface area (Å²) in [5, 5.41) is 0. The fourth-order valence-electron chi connectivity index (χ4n) is 4.69. The summed E-state index contributed by atoms with van der Waals surface area (Å²) in [4.78, 5) is 5.40. The van der Waals surface area contributed by atoms with Gasteiger partial charge in [0.25, 0.3) is 0 Å². The average molecular weight is 365 g/mol. The van der Waals surface area contributed by atoms with Gasteiger partial charge in [0, 0.05) is 23.7 Å². The van der Waals surface area contributed by atoms with Crippen LogP contribution in [0, 0.1) is 0 Å². The van der Waals surface area contributed by atoms with Crippen LogP contribution in [0.2, 0.25) is 0 Å². The zero-order valence-electron chi connectivity index (χ0n) is 16.7. The normalized spacial score (nSPS) is 20.2. The van der Waals surface area contributed by atoms with E-state index in [9.17, 15) is 0 Å². The molecule has 1 atom stereocenters. The molecule has 0 N–H and O–H groups in total. The Kier molecular flexibility index (Phi) is 5.80. The van der Waals surface area contributed by atoms with Gasteiger partial charge in [0.05, 0.1) is 6.04 Å². The largest absolute Gasteiger partial charge is 0.457 e. The van der Waals surface area contributed by atoms with Crippen LogP contribution >= 0.6 is 0 Å². The Morgan fingerprint density at radius 3 is 2.30 bits per heavy atom. The van der Waals surface area contributed by atoms with Crippen molar-refractivity contribution in [1.82, 2.24) is 9.80 Å². The number of piperidine rings is 1. The first kappa shape index (κ1) is 18.5. The molecule has 1 fully saturated rings. The highest BCUT2D eigenvalue weighted by molar-refractivity contribution is 5.53. The van der Waals surface area contributed by atoms with Gasteiger partial charge < -0.3 is 9.64 Å². The summed E-state index contributed by atoms with van der Waals surface area (Å²) in [6, 6.07) is 18.1. The van der Waals surface area contributed by atoms with Gasteiger partial charge in [-0.1, -0.05) is 56.7 Å². The highest BCUT2D eigenvalue weighted by atomic mass is 16.5. The molecule has 2 heterocycles. The third-order valence-electron chi connectivity index (χ3n) is 6.15. The molecule has 0 spiro atoms. The van der Waals surface area contributed by atoms with Gasteiger partial charge in [-0.15, -0.1) is 0 Å². The number of likely N-dealkylation sites (tertiary alicyclic amines) is 1. The van der Waals surface area contributed by atoms with E-state index in [4.69, 9.17) is 4.74 Å². The van der Waals surface area contributed by atoms with Crippen LogP contribution in [-0.4, -0.2) is 42.0 Å². The fourth-order valence-corrected chi connectivity index (χ4v) is 4.69. The van der Waals surface area contributed by atoms with E-state index in [1.165, 1.54) is 49.9 Å². The number of rotatable bonds is 6. The van der Waals surface area contributed by atoms with Crippen LogP contribution in [0.1, 0.15) is 56.7 Å². The van der Waals surface area contributed by atoms with Gasteiger partial charge in [0.1, 0.15) is 11.5 Å². The first-order valence-electron chi connectivity index (χ1n) is 10.7. The topological polar surface area (TPSA) is 15.7 Å². The minimum atomic E-state index is 0.291. The molecular formula is C24H32N2O. The van der Waals surface area contributed by atoms with E-state index in [2.05, 4.69) is 72.2 Å². The van der Waals surface area contributed by atoms with Crippen LogP contribution in [0.4, 0.5) is 0 Å². The molecule has 0 bridgehead atoms. The van der Waals surface area contributed by atoms with Crippen LogP contribution in [0.5, 0.6) is 11.5 Å². The highest BCUT2D eigenvalue weighted by Gasteiger charge is 2.36. The minimum absolute atomic E-state index is 0.291. The first-order chi connectivity index (χ1) is 13.3. The maximum Gasteiger partial charge on any atom is 0.132 e. The minimum Gasteiger partial charge on any atom is -0.457 e. The number of unbranched alkanes of at least 4 members (excludes halogenated alkanes) is 1. The molecule has 2 aliphatic heterocycles. The Morgan fingerprint density at radius 2 is 1.67 bits per heavy atom. The first-order valence-corrected chi connectivity index (χ1v) is 10.7. The van der Waals surface area contributed by atoms with E-state index in [0.29, 0.717) is 12.1 Å². The van der Waals surface area contributed by atoms with E-state index in [1.54, 1.807) is 0 Å². The van der Waals surface area contributed by atoms with Gasteiger partial charge in [-0.2, -0.15) is 0 Å². The summed E-state index contributed by atoms with van der Waals surface area (Å²) in [6.07, 6.45) is 5.06. The molecule has 144 valence electrons. The van der Waals surface area contributed by atoms with Gasteiger partial charge >= 0.3 is 0 Å². The second-order valence-corrected chi connectivity index (χ2v) is 7.86. The fraction of sp³-hybridized carbons (Fsp3) is 0.500. The second-order valence-electron chi connectivity index (χ2n) is 7.86. The number of hydrogen-bond donors (Lipinski definition) is 0. The molecule has 2 aromatic rings. The van der Waals surface area contributed by atoms with Crippen molar-refractivity contribution in [3.63, 3.8) is 0 Å². The molecule has 0 amide bonds. The number of likely N-dealkylation sites (N-methyl/N-ethyl adjacent to an activating group) is 1. The lowest BCUT2D eigenvalue weighted by Gasteiger charge is -2.45. The van der Waals surface area contributed by atoms with E-state index in [0.717, 1.165) is 24.6 Å². The smallest absolute Gasteiger partial charge is 0.132 e. The highest BCUT2D eigenvalue weighted by Crippen LogP contribution is 2.46. The molecular weight excluding hydrogens is 332 g/mol. The molecule has 2 aromatic carbocycles. The Hall–Kier alpha value is -1.84. The van der Waals surface area contributed by atoms with Crippen LogP contribution < -0.4 is 4.74 Å². The molecule has 3 heteroatoms. The lowest BCUT2D eigenvalue weighted by atomic mass is 9.90. The van der Waals surface area contributed by atoms with E-state index >= 15 is 0 Å². The Labute approximate surface area is 163 Å². The quantitative estimate of drug-likeness (QED) is 0.676.